The summed E-state index contributed by atoms with van der Waals surface area (Å²) >= 11 is 0. The number of rotatable bonds is 1. The van der Waals surface area contributed by atoms with Crippen LogP contribution in [0.2, 0.25) is 0 Å². The Balaban J connectivity index is 2.56. The molecule has 0 spiro atoms. The van der Waals surface area contributed by atoms with Gasteiger partial charge in [0.25, 0.3) is 0 Å². The van der Waals surface area contributed by atoms with Gasteiger partial charge in [0.2, 0.25) is 0 Å². The summed E-state index contributed by atoms with van der Waals surface area (Å²) in [6.07, 6.45) is 1.95. The minimum absolute atomic E-state index is 0.479. The van der Waals surface area contributed by atoms with Gasteiger partial charge in [0.1, 0.15) is 5.60 Å². The smallest absolute Gasteiger partial charge is 0.411 e. The molecule has 1 N–H and O–H groups in total. The highest BCUT2D eigenvalue weighted by atomic mass is 16.6. The predicted molar refractivity (Wildman–Crippen MR) is 55.9 cm³/mol. The van der Waals surface area contributed by atoms with Crippen LogP contribution in [0.4, 0.5) is 4.79 Å². The lowest BCUT2D eigenvalue weighted by molar-refractivity contribution is 0.0544. The lowest BCUT2D eigenvalue weighted by Gasteiger charge is -2.20. The molecule has 0 aliphatic heterocycles. The van der Waals surface area contributed by atoms with Crippen molar-refractivity contribution in [3.8, 4) is 6.07 Å². The van der Waals surface area contributed by atoms with E-state index in [1.165, 1.54) is 0 Å². The highest BCUT2D eigenvalue weighted by Crippen LogP contribution is 2.23. The molecule has 82 valence electrons. The Kier molecular flexibility index (Phi) is 3.35. The fraction of sp³-hybridized carbons (Fsp3) is 0.636. The molecule has 15 heavy (non-hydrogen) atoms. The molecular weight excluding hydrogens is 192 g/mol. The molecule has 0 aromatic rings. The second-order valence-corrected chi connectivity index (χ2v) is 4.55. The van der Waals surface area contributed by atoms with Crippen molar-refractivity contribution in [3.05, 3.63) is 11.3 Å². The Morgan fingerprint density at radius 3 is 2.67 bits per heavy atom. The normalized spacial score (nSPS) is 16.1. The first kappa shape index (κ1) is 11.6. The summed E-state index contributed by atoms with van der Waals surface area (Å²) in [5.74, 6) is 0. The molecule has 4 heteroatoms. The van der Waals surface area contributed by atoms with Gasteiger partial charge in [-0.1, -0.05) is 0 Å². The highest BCUT2D eigenvalue weighted by molar-refractivity contribution is 5.70. The van der Waals surface area contributed by atoms with Crippen LogP contribution in [-0.2, 0) is 4.74 Å². The van der Waals surface area contributed by atoms with Crippen molar-refractivity contribution in [3.63, 3.8) is 0 Å². The van der Waals surface area contributed by atoms with Gasteiger partial charge >= 0.3 is 6.09 Å². The second kappa shape index (κ2) is 4.35. The highest BCUT2D eigenvalue weighted by Gasteiger charge is 2.20. The van der Waals surface area contributed by atoms with Gasteiger partial charge in [0.15, 0.2) is 0 Å². The van der Waals surface area contributed by atoms with E-state index in [9.17, 15) is 4.79 Å². The third-order valence-electron chi connectivity index (χ3n) is 2.00. The Bertz CT molecular complexity index is 331. The monoisotopic (exact) mass is 208 g/mol. The van der Waals surface area contributed by atoms with Gasteiger partial charge in [-0.25, -0.2) is 4.79 Å². The Labute approximate surface area is 89.9 Å². The third-order valence-corrected chi connectivity index (χ3v) is 2.00. The van der Waals surface area contributed by atoms with Gasteiger partial charge in [-0.2, -0.15) is 5.26 Å². The van der Waals surface area contributed by atoms with Crippen LogP contribution in [0.15, 0.2) is 11.3 Å². The molecule has 1 amide bonds. The van der Waals surface area contributed by atoms with E-state index in [-0.39, 0.29) is 0 Å². The average molecular weight is 208 g/mol. The molecule has 0 saturated carbocycles. The quantitative estimate of drug-likeness (QED) is 0.720. The van der Waals surface area contributed by atoms with Crippen molar-refractivity contribution in [1.29, 1.82) is 5.26 Å². The Hall–Kier alpha value is -1.50. The SMILES string of the molecule is CC(C)(C)OC(=O)NC1=C(C#N)CCC1. The maximum atomic E-state index is 11.4. The number of hydrogen-bond acceptors (Lipinski definition) is 3. The summed E-state index contributed by atoms with van der Waals surface area (Å²) in [6.45, 7) is 5.42. The molecule has 0 heterocycles. The first-order chi connectivity index (χ1) is 6.92. The average Bonchev–Trinajstić information content (AvgIpc) is 2.48. The molecular formula is C11H16N2O2. The summed E-state index contributed by atoms with van der Waals surface area (Å²) in [6, 6.07) is 2.09. The van der Waals surface area contributed by atoms with Gasteiger partial charge in [-0.05, 0) is 40.0 Å². The lowest BCUT2D eigenvalue weighted by Crippen LogP contribution is -2.32. The molecule has 0 aromatic heterocycles. The molecule has 0 bridgehead atoms. The molecule has 0 atom stereocenters. The summed E-state index contributed by atoms with van der Waals surface area (Å²) in [5.41, 5.74) is 0.878. The van der Waals surface area contributed by atoms with E-state index in [0.717, 1.165) is 19.3 Å². The summed E-state index contributed by atoms with van der Waals surface area (Å²) in [7, 11) is 0. The number of nitriles is 1. The molecule has 0 unspecified atom stereocenters. The minimum Gasteiger partial charge on any atom is -0.444 e. The van der Waals surface area contributed by atoms with Crippen molar-refractivity contribution in [2.45, 2.75) is 45.6 Å². The number of nitrogens with one attached hydrogen (secondary N) is 1. The van der Waals surface area contributed by atoms with Crippen LogP contribution in [0.1, 0.15) is 40.0 Å². The number of carbonyl (C=O) groups is 1. The number of allylic oxidation sites excluding steroid dienone is 2. The molecule has 1 aliphatic rings. The van der Waals surface area contributed by atoms with Crippen LogP contribution in [-0.4, -0.2) is 11.7 Å². The van der Waals surface area contributed by atoms with E-state index in [4.69, 9.17) is 10.00 Å². The lowest BCUT2D eigenvalue weighted by atomic mass is 10.2. The van der Waals surface area contributed by atoms with Gasteiger partial charge in [-0.15, -0.1) is 0 Å². The standard InChI is InChI=1S/C11H16N2O2/c1-11(2,3)15-10(14)13-9-6-4-5-8(9)7-12/h4-6H2,1-3H3,(H,13,14). The molecule has 1 aliphatic carbocycles. The molecule has 0 saturated heterocycles. The van der Waals surface area contributed by atoms with Crippen LogP contribution < -0.4 is 5.32 Å². The number of alkyl carbamates (subject to hydrolysis) is 1. The Morgan fingerprint density at radius 2 is 2.13 bits per heavy atom. The second-order valence-electron chi connectivity index (χ2n) is 4.55. The van der Waals surface area contributed by atoms with Crippen molar-refractivity contribution in [1.82, 2.24) is 5.32 Å². The third kappa shape index (κ3) is 3.62. The van der Waals surface area contributed by atoms with Gasteiger partial charge < -0.3 is 4.74 Å². The topological polar surface area (TPSA) is 62.1 Å². The van der Waals surface area contributed by atoms with E-state index in [1.54, 1.807) is 20.8 Å². The Morgan fingerprint density at radius 1 is 1.47 bits per heavy atom. The summed E-state index contributed by atoms with van der Waals surface area (Å²) < 4.78 is 5.10. The number of nitrogens with zero attached hydrogens (tertiary/aromatic N) is 1. The maximum Gasteiger partial charge on any atom is 0.411 e. The first-order valence-corrected chi connectivity index (χ1v) is 5.04. The van der Waals surface area contributed by atoms with E-state index in [2.05, 4.69) is 11.4 Å². The largest absolute Gasteiger partial charge is 0.444 e. The maximum absolute atomic E-state index is 11.4. The number of hydrogen-bond donors (Lipinski definition) is 1. The molecule has 0 fully saturated rings. The fourth-order valence-electron chi connectivity index (χ4n) is 1.43. The van der Waals surface area contributed by atoms with Crippen LogP contribution in [0.3, 0.4) is 0 Å². The molecule has 0 radical (unpaired) electrons. The van der Waals surface area contributed by atoms with E-state index < -0.39 is 11.7 Å². The van der Waals surface area contributed by atoms with E-state index in [1.807, 2.05) is 0 Å². The van der Waals surface area contributed by atoms with Crippen LogP contribution in [0.5, 0.6) is 0 Å². The van der Waals surface area contributed by atoms with Gasteiger partial charge in [0.05, 0.1) is 6.07 Å². The summed E-state index contributed by atoms with van der Waals surface area (Å²) in [5, 5.41) is 11.4. The molecule has 1 rings (SSSR count). The molecule has 0 aromatic carbocycles. The van der Waals surface area contributed by atoms with Gasteiger partial charge in [-0.3, -0.25) is 5.32 Å². The molecule has 4 nitrogen and oxygen atoms in total. The van der Waals surface area contributed by atoms with Gasteiger partial charge in [0, 0.05) is 11.3 Å². The number of ether oxygens (including phenoxy) is 1. The van der Waals surface area contributed by atoms with Crippen LogP contribution in [0, 0.1) is 11.3 Å². The minimum atomic E-state index is -0.504. The predicted octanol–water partition coefficient (Wildman–Crippen LogP) is 2.47. The van der Waals surface area contributed by atoms with Crippen LogP contribution in [0.25, 0.3) is 0 Å². The van der Waals surface area contributed by atoms with Crippen molar-refractivity contribution in [2.75, 3.05) is 0 Å². The van der Waals surface area contributed by atoms with Crippen molar-refractivity contribution >= 4 is 6.09 Å². The zero-order valence-corrected chi connectivity index (χ0v) is 9.39. The number of carbonyl (C=O) groups excluding carboxylic acids is 1. The first-order valence-electron chi connectivity index (χ1n) is 5.04. The zero-order valence-electron chi connectivity index (χ0n) is 9.39. The van der Waals surface area contributed by atoms with E-state index in [0.29, 0.717) is 11.3 Å². The zero-order chi connectivity index (χ0) is 11.5. The van der Waals surface area contributed by atoms with Crippen molar-refractivity contribution < 1.29 is 9.53 Å². The summed E-state index contributed by atoms with van der Waals surface area (Å²) in [4.78, 5) is 11.4. The van der Waals surface area contributed by atoms with Crippen molar-refractivity contribution in [2.24, 2.45) is 0 Å². The van der Waals surface area contributed by atoms with Crippen LogP contribution >= 0.6 is 0 Å². The fourth-order valence-corrected chi connectivity index (χ4v) is 1.43. The van der Waals surface area contributed by atoms with E-state index >= 15 is 0 Å². The number of amides is 1.